The number of rotatable bonds is 3. The number of carbonyl (C=O) groups is 1. The van der Waals surface area contributed by atoms with E-state index in [1.807, 2.05) is 28.7 Å². The van der Waals surface area contributed by atoms with E-state index in [9.17, 15) is 9.18 Å². The molecule has 0 fully saturated rings. The summed E-state index contributed by atoms with van der Waals surface area (Å²) in [6.07, 6.45) is 0.267. The van der Waals surface area contributed by atoms with Crippen LogP contribution in [-0.4, -0.2) is 12.5 Å². The first-order valence-electron chi connectivity index (χ1n) is 4.25. The standard InChI is InChI=1S/C10H8FIN2O/c11-7-2-3-8(9(12)6-7)10(15)14-5-1-4-13/h2-3,6H,1,5H2,(H,14,15). The van der Waals surface area contributed by atoms with E-state index in [-0.39, 0.29) is 18.1 Å². The van der Waals surface area contributed by atoms with Crippen molar-refractivity contribution >= 4 is 28.5 Å². The zero-order valence-electron chi connectivity index (χ0n) is 7.76. The average Bonchev–Trinajstić information content (AvgIpc) is 2.17. The molecule has 0 aliphatic rings. The molecule has 1 amide bonds. The molecular formula is C10H8FIN2O. The molecule has 0 aliphatic heterocycles. The van der Waals surface area contributed by atoms with Crippen LogP contribution in [0, 0.1) is 20.7 Å². The predicted molar refractivity (Wildman–Crippen MR) is 61.7 cm³/mol. The minimum atomic E-state index is -0.368. The van der Waals surface area contributed by atoms with Crippen LogP contribution in [0.3, 0.4) is 0 Å². The van der Waals surface area contributed by atoms with Crippen molar-refractivity contribution in [3.05, 3.63) is 33.1 Å². The first-order chi connectivity index (χ1) is 7.15. The highest BCUT2D eigenvalue weighted by molar-refractivity contribution is 14.1. The summed E-state index contributed by atoms with van der Waals surface area (Å²) in [7, 11) is 0. The molecule has 0 unspecified atom stereocenters. The maximum Gasteiger partial charge on any atom is 0.252 e. The molecule has 3 nitrogen and oxygen atoms in total. The Bertz CT molecular complexity index is 414. The fraction of sp³-hybridized carbons (Fsp3) is 0.200. The van der Waals surface area contributed by atoms with Gasteiger partial charge in [-0.2, -0.15) is 5.26 Å². The van der Waals surface area contributed by atoms with Crippen LogP contribution in [0.5, 0.6) is 0 Å². The van der Waals surface area contributed by atoms with Gasteiger partial charge in [-0.15, -0.1) is 0 Å². The summed E-state index contributed by atoms with van der Waals surface area (Å²) >= 11 is 1.90. The molecule has 1 N–H and O–H groups in total. The SMILES string of the molecule is N#CCCNC(=O)c1ccc(F)cc1I. The highest BCUT2D eigenvalue weighted by Crippen LogP contribution is 2.13. The van der Waals surface area contributed by atoms with Crippen molar-refractivity contribution in [1.29, 1.82) is 5.26 Å². The highest BCUT2D eigenvalue weighted by atomic mass is 127. The Balaban J connectivity index is 2.70. The monoisotopic (exact) mass is 318 g/mol. The first-order valence-corrected chi connectivity index (χ1v) is 5.33. The molecule has 5 heteroatoms. The third-order valence-corrected chi connectivity index (χ3v) is 2.59. The van der Waals surface area contributed by atoms with Gasteiger partial charge in [0, 0.05) is 10.1 Å². The number of nitrogens with zero attached hydrogens (tertiary/aromatic N) is 1. The number of hydrogen-bond donors (Lipinski definition) is 1. The number of carbonyl (C=O) groups excluding carboxylic acids is 1. The normalized spacial score (nSPS) is 9.40. The minimum Gasteiger partial charge on any atom is -0.351 e. The van der Waals surface area contributed by atoms with Crippen molar-refractivity contribution in [2.45, 2.75) is 6.42 Å². The molecular weight excluding hydrogens is 310 g/mol. The average molecular weight is 318 g/mol. The van der Waals surface area contributed by atoms with Crippen molar-refractivity contribution in [3.8, 4) is 6.07 Å². The van der Waals surface area contributed by atoms with Crippen LogP contribution in [-0.2, 0) is 0 Å². The number of nitrogens with one attached hydrogen (secondary N) is 1. The summed E-state index contributed by atoms with van der Waals surface area (Å²) in [5.74, 6) is -0.650. The van der Waals surface area contributed by atoms with E-state index in [1.54, 1.807) is 0 Å². The summed E-state index contributed by atoms with van der Waals surface area (Å²) in [4.78, 5) is 11.5. The van der Waals surface area contributed by atoms with Gasteiger partial charge >= 0.3 is 0 Å². The van der Waals surface area contributed by atoms with E-state index in [1.165, 1.54) is 18.2 Å². The van der Waals surface area contributed by atoms with Gasteiger partial charge in [-0.3, -0.25) is 4.79 Å². The number of benzene rings is 1. The van der Waals surface area contributed by atoms with Crippen LogP contribution in [0.2, 0.25) is 0 Å². The summed E-state index contributed by atoms with van der Waals surface area (Å²) in [5.41, 5.74) is 0.426. The summed E-state index contributed by atoms with van der Waals surface area (Å²) in [5, 5.41) is 10.9. The topological polar surface area (TPSA) is 52.9 Å². The Labute approximate surface area is 100 Å². The molecule has 0 bridgehead atoms. The van der Waals surface area contributed by atoms with Crippen molar-refractivity contribution < 1.29 is 9.18 Å². The van der Waals surface area contributed by atoms with Gasteiger partial charge in [0.1, 0.15) is 5.82 Å². The van der Waals surface area contributed by atoms with Gasteiger partial charge < -0.3 is 5.32 Å². The van der Waals surface area contributed by atoms with E-state index in [4.69, 9.17) is 5.26 Å². The van der Waals surface area contributed by atoms with Gasteiger partial charge in [0.25, 0.3) is 5.91 Å². The predicted octanol–water partition coefficient (Wildman–Crippen LogP) is 2.07. The lowest BCUT2D eigenvalue weighted by molar-refractivity contribution is 0.0953. The summed E-state index contributed by atoms with van der Waals surface area (Å²) < 4.78 is 13.3. The molecule has 78 valence electrons. The molecule has 0 atom stereocenters. The maximum atomic E-state index is 12.7. The number of amides is 1. The number of hydrogen-bond acceptors (Lipinski definition) is 2. The van der Waals surface area contributed by atoms with Crippen LogP contribution >= 0.6 is 22.6 Å². The first kappa shape index (κ1) is 11.9. The van der Waals surface area contributed by atoms with Gasteiger partial charge in [-0.1, -0.05) is 0 Å². The summed E-state index contributed by atoms with van der Waals surface area (Å²) in [6, 6.07) is 5.88. The van der Waals surface area contributed by atoms with Crippen molar-refractivity contribution in [3.63, 3.8) is 0 Å². The zero-order valence-corrected chi connectivity index (χ0v) is 9.92. The quantitative estimate of drug-likeness (QED) is 0.685. The van der Waals surface area contributed by atoms with Gasteiger partial charge in [-0.05, 0) is 40.8 Å². The molecule has 0 heterocycles. The van der Waals surface area contributed by atoms with Gasteiger partial charge in [0.2, 0.25) is 0 Å². The summed E-state index contributed by atoms with van der Waals surface area (Å²) in [6.45, 7) is 0.308. The Morgan fingerprint density at radius 2 is 2.33 bits per heavy atom. The van der Waals surface area contributed by atoms with E-state index in [0.717, 1.165) is 0 Å². The second-order valence-corrected chi connectivity index (χ2v) is 3.95. The molecule has 0 aromatic heterocycles. The zero-order chi connectivity index (χ0) is 11.3. The molecule has 1 aromatic rings. The Hall–Kier alpha value is -1.16. The smallest absolute Gasteiger partial charge is 0.252 e. The largest absolute Gasteiger partial charge is 0.351 e. The molecule has 0 saturated heterocycles. The fourth-order valence-electron chi connectivity index (χ4n) is 1.00. The lowest BCUT2D eigenvalue weighted by Gasteiger charge is -2.04. The molecule has 0 aliphatic carbocycles. The van der Waals surface area contributed by atoms with Crippen LogP contribution in [0.1, 0.15) is 16.8 Å². The van der Waals surface area contributed by atoms with Gasteiger partial charge in [-0.25, -0.2) is 4.39 Å². The van der Waals surface area contributed by atoms with Crippen LogP contribution in [0.15, 0.2) is 18.2 Å². The highest BCUT2D eigenvalue weighted by Gasteiger charge is 2.09. The number of nitriles is 1. The fourth-order valence-corrected chi connectivity index (χ4v) is 1.72. The van der Waals surface area contributed by atoms with E-state index in [2.05, 4.69) is 5.32 Å². The molecule has 1 rings (SSSR count). The minimum absolute atomic E-state index is 0.267. The number of halogens is 2. The molecule has 0 spiro atoms. The van der Waals surface area contributed by atoms with Crippen molar-refractivity contribution in [1.82, 2.24) is 5.32 Å². The molecule has 1 aromatic carbocycles. The van der Waals surface area contributed by atoms with Crippen LogP contribution < -0.4 is 5.32 Å². The second kappa shape index (κ2) is 5.66. The Kier molecular flexibility index (Phi) is 4.49. The Morgan fingerprint density at radius 1 is 1.60 bits per heavy atom. The van der Waals surface area contributed by atoms with Crippen LogP contribution in [0.25, 0.3) is 0 Å². The van der Waals surface area contributed by atoms with E-state index < -0.39 is 0 Å². The van der Waals surface area contributed by atoms with E-state index >= 15 is 0 Å². The Morgan fingerprint density at radius 3 is 2.93 bits per heavy atom. The molecule has 0 saturated carbocycles. The van der Waals surface area contributed by atoms with Gasteiger partial charge in [0.05, 0.1) is 18.1 Å². The lowest BCUT2D eigenvalue weighted by Crippen LogP contribution is -2.25. The molecule has 0 radical (unpaired) electrons. The maximum absolute atomic E-state index is 12.7. The van der Waals surface area contributed by atoms with Crippen molar-refractivity contribution in [2.75, 3.05) is 6.54 Å². The van der Waals surface area contributed by atoms with E-state index in [0.29, 0.717) is 15.7 Å². The molecule has 15 heavy (non-hydrogen) atoms. The third-order valence-electron chi connectivity index (χ3n) is 1.70. The lowest BCUT2D eigenvalue weighted by atomic mass is 10.2. The van der Waals surface area contributed by atoms with Crippen LogP contribution in [0.4, 0.5) is 4.39 Å². The second-order valence-electron chi connectivity index (χ2n) is 2.79. The van der Waals surface area contributed by atoms with Crippen molar-refractivity contribution in [2.24, 2.45) is 0 Å². The third kappa shape index (κ3) is 3.47. The van der Waals surface area contributed by atoms with Gasteiger partial charge in [0.15, 0.2) is 0 Å².